The van der Waals surface area contributed by atoms with E-state index in [9.17, 15) is 0 Å². The van der Waals surface area contributed by atoms with Crippen molar-refractivity contribution in [2.24, 2.45) is 5.92 Å². The molecule has 0 aromatic rings. The Hall–Kier alpha value is 0.0249. The van der Waals surface area contributed by atoms with E-state index in [0.29, 0.717) is 5.92 Å². The van der Waals surface area contributed by atoms with Crippen LogP contribution in [-0.4, -0.2) is 19.5 Å². The zero-order chi connectivity index (χ0) is 7.78. The van der Waals surface area contributed by atoms with Gasteiger partial charge in [0.15, 0.2) is 0 Å². The first kappa shape index (κ1) is 8.12. The van der Waals surface area contributed by atoms with Crippen molar-refractivity contribution in [1.29, 1.82) is 0 Å². The lowest BCUT2D eigenvalue weighted by molar-refractivity contribution is -0.0185. The van der Waals surface area contributed by atoms with Gasteiger partial charge < -0.3 is 4.74 Å². The molecule has 1 rings (SSSR count). The molecule has 0 amide bonds. The Morgan fingerprint density at radius 1 is 1.70 bits per heavy atom. The second kappa shape index (κ2) is 2.57. The topological polar surface area (TPSA) is 9.23 Å². The van der Waals surface area contributed by atoms with Gasteiger partial charge in [0, 0.05) is 6.00 Å². The fourth-order valence-electron chi connectivity index (χ4n) is 1.54. The summed E-state index contributed by atoms with van der Waals surface area (Å²) in [6.45, 7) is 6.50. The molecule has 0 spiro atoms. The molecule has 0 aromatic carbocycles. The van der Waals surface area contributed by atoms with Gasteiger partial charge in [0.2, 0.25) is 0 Å². The van der Waals surface area contributed by atoms with Crippen molar-refractivity contribution >= 4 is 7.85 Å². The molecule has 1 nitrogen and oxygen atoms in total. The normalized spacial score (nSPS) is 47.9. The van der Waals surface area contributed by atoms with E-state index in [2.05, 4.69) is 20.8 Å². The summed E-state index contributed by atoms with van der Waals surface area (Å²) in [7, 11) is 5.65. The standard InChI is InChI=1S/C8H15BO/c1-4-8(3)6(2)5-7(9)10-8/h6-7H,4-5H2,1-3H3/t6-,7?,8?/m0/s1. The summed E-state index contributed by atoms with van der Waals surface area (Å²) in [5.41, 5.74) is 0.0411. The molecule has 1 saturated heterocycles. The maximum Gasteiger partial charge on any atom is 0.109 e. The van der Waals surface area contributed by atoms with Gasteiger partial charge in [-0.3, -0.25) is 0 Å². The second-order valence-electron chi connectivity index (χ2n) is 3.46. The van der Waals surface area contributed by atoms with Gasteiger partial charge >= 0.3 is 0 Å². The van der Waals surface area contributed by atoms with E-state index < -0.39 is 0 Å². The molecule has 0 bridgehead atoms. The van der Waals surface area contributed by atoms with Crippen LogP contribution in [0.4, 0.5) is 0 Å². The van der Waals surface area contributed by atoms with Gasteiger partial charge in [-0.2, -0.15) is 0 Å². The Kier molecular flexibility index (Phi) is 2.09. The molecule has 0 aromatic heterocycles. The smallest absolute Gasteiger partial charge is 0.109 e. The molecule has 2 radical (unpaired) electrons. The Morgan fingerprint density at radius 3 is 2.50 bits per heavy atom. The molecule has 2 heteroatoms. The molecule has 56 valence electrons. The summed E-state index contributed by atoms with van der Waals surface area (Å²) in [5, 5.41) is 0. The highest BCUT2D eigenvalue weighted by Crippen LogP contribution is 2.36. The van der Waals surface area contributed by atoms with Crippen molar-refractivity contribution in [3.63, 3.8) is 0 Å². The predicted molar refractivity (Wildman–Crippen MR) is 43.1 cm³/mol. The van der Waals surface area contributed by atoms with Crippen LogP contribution in [-0.2, 0) is 4.74 Å². The summed E-state index contributed by atoms with van der Waals surface area (Å²) < 4.78 is 5.59. The maximum absolute atomic E-state index is 5.65. The predicted octanol–water partition coefficient (Wildman–Crippen LogP) is 1.71. The minimum atomic E-state index is -0.0278. The molecule has 1 aliphatic rings. The number of ether oxygens (including phenoxy) is 1. The van der Waals surface area contributed by atoms with Gasteiger partial charge in [0.05, 0.1) is 5.60 Å². The van der Waals surface area contributed by atoms with E-state index in [-0.39, 0.29) is 11.6 Å². The highest BCUT2D eigenvalue weighted by molar-refractivity contribution is 6.11. The second-order valence-corrected chi connectivity index (χ2v) is 3.46. The van der Waals surface area contributed by atoms with Crippen LogP contribution in [0.2, 0.25) is 0 Å². The molecule has 0 saturated carbocycles. The van der Waals surface area contributed by atoms with Gasteiger partial charge in [0.1, 0.15) is 7.85 Å². The van der Waals surface area contributed by atoms with Crippen LogP contribution in [0.1, 0.15) is 33.6 Å². The van der Waals surface area contributed by atoms with Gasteiger partial charge in [-0.15, -0.1) is 0 Å². The van der Waals surface area contributed by atoms with Crippen molar-refractivity contribution in [3.8, 4) is 0 Å². The largest absolute Gasteiger partial charge is 0.382 e. The van der Waals surface area contributed by atoms with E-state index in [0.717, 1.165) is 12.8 Å². The lowest BCUT2D eigenvalue weighted by atomic mass is 9.85. The first-order chi connectivity index (χ1) is 4.58. The molecule has 1 fully saturated rings. The van der Waals surface area contributed by atoms with Crippen LogP contribution in [0.25, 0.3) is 0 Å². The van der Waals surface area contributed by atoms with E-state index in [4.69, 9.17) is 12.6 Å². The molecule has 1 heterocycles. The minimum Gasteiger partial charge on any atom is -0.382 e. The molecule has 3 atom stereocenters. The molecule has 0 aliphatic carbocycles. The fourth-order valence-corrected chi connectivity index (χ4v) is 1.54. The monoisotopic (exact) mass is 138 g/mol. The Labute approximate surface area is 64.6 Å². The number of hydrogen-bond acceptors (Lipinski definition) is 1. The molecular weight excluding hydrogens is 123 g/mol. The molecule has 2 unspecified atom stereocenters. The van der Waals surface area contributed by atoms with Gasteiger partial charge in [0.25, 0.3) is 0 Å². The van der Waals surface area contributed by atoms with Crippen LogP contribution in [0, 0.1) is 5.92 Å². The van der Waals surface area contributed by atoms with Gasteiger partial charge in [-0.05, 0) is 25.7 Å². The molecule has 10 heavy (non-hydrogen) atoms. The number of rotatable bonds is 1. The first-order valence-electron chi connectivity index (χ1n) is 4.02. The SMILES string of the molecule is [B]C1C[C@H](C)C(C)(CC)O1. The van der Waals surface area contributed by atoms with Crippen LogP contribution in [0.3, 0.4) is 0 Å². The summed E-state index contributed by atoms with van der Waals surface area (Å²) in [5.74, 6) is 0.604. The Morgan fingerprint density at radius 2 is 2.30 bits per heavy atom. The Bertz CT molecular complexity index is 126. The zero-order valence-electron chi connectivity index (χ0n) is 7.05. The molecule has 1 aliphatic heterocycles. The summed E-state index contributed by atoms with van der Waals surface area (Å²) in [6.07, 6.45) is 2.06. The van der Waals surface area contributed by atoms with Crippen molar-refractivity contribution in [2.75, 3.05) is 0 Å². The average molecular weight is 138 g/mol. The minimum absolute atomic E-state index is 0.0278. The van der Waals surface area contributed by atoms with Crippen LogP contribution < -0.4 is 0 Å². The van der Waals surface area contributed by atoms with E-state index in [1.54, 1.807) is 0 Å². The first-order valence-corrected chi connectivity index (χ1v) is 4.02. The third-order valence-corrected chi connectivity index (χ3v) is 2.75. The maximum atomic E-state index is 5.65. The van der Waals surface area contributed by atoms with Gasteiger partial charge in [-0.1, -0.05) is 13.8 Å². The number of hydrogen-bond donors (Lipinski definition) is 0. The fraction of sp³-hybridized carbons (Fsp3) is 1.00. The Balaban J connectivity index is 2.61. The lowest BCUT2D eigenvalue weighted by Gasteiger charge is -2.26. The molecular formula is C8H15BO. The third-order valence-electron chi connectivity index (χ3n) is 2.75. The van der Waals surface area contributed by atoms with Crippen molar-refractivity contribution in [1.82, 2.24) is 0 Å². The van der Waals surface area contributed by atoms with Crippen molar-refractivity contribution in [2.45, 2.75) is 45.2 Å². The van der Waals surface area contributed by atoms with E-state index in [1.165, 1.54) is 0 Å². The summed E-state index contributed by atoms with van der Waals surface area (Å²) >= 11 is 0. The van der Waals surface area contributed by atoms with Crippen molar-refractivity contribution < 1.29 is 4.74 Å². The molecule has 0 N–H and O–H groups in total. The average Bonchev–Trinajstić information content (AvgIpc) is 2.09. The van der Waals surface area contributed by atoms with Crippen LogP contribution >= 0.6 is 0 Å². The summed E-state index contributed by atoms with van der Waals surface area (Å²) in [6, 6.07) is -0.0278. The van der Waals surface area contributed by atoms with Crippen molar-refractivity contribution in [3.05, 3.63) is 0 Å². The highest BCUT2D eigenvalue weighted by atomic mass is 16.5. The quantitative estimate of drug-likeness (QED) is 0.501. The highest BCUT2D eigenvalue weighted by Gasteiger charge is 2.38. The van der Waals surface area contributed by atoms with Crippen LogP contribution in [0.15, 0.2) is 0 Å². The van der Waals surface area contributed by atoms with E-state index >= 15 is 0 Å². The third kappa shape index (κ3) is 1.22. The van der Waals surface area contributed by atoms with Gasteiger partial charge in [-0.25, -0.2) is 0 Å². The zero-order valence-corrected chi connectivity index (χ0v) is 7.05. The van der Waals surface area contributed by atoms with E-state index in [1.807, 2.05) is 0 Å². The summed E-state index contributed by atoms with van der Waals surface area (Å²) in [4.78, 5) is 0. The van der Waals surface area contributed by atoms with Crippen LogP contribution in [0.5, 0.6) is 0 Å². The lowest BCUT2D eigenvalue weighted by Crippen LogP contribution is -2.29.